The van der Waals surface area contributed by atoms with Gasteiger partial charge in [0.2, 0.25) is 0 Å². The van der Waals surface area contributed by atoms with Crippen LogP contribution in [0, 0.1) is 0 Å². The highest BCUT2D eigenvalue weighted by atomic mass is 16.5. The van der Waals surface area contributed by atoms with Crippen molar-refractivity contribution < 1.29 is 9.53 Å². The molecule has 5 aromatic rings. The number of nitrogens with zero attached hydrogens (tertiary/aromatic N) is 3. The SMILES string of the molecule is CCCN(C(=O)Nc1cccc2ccccc12)C(CC)c1nc2ccccc2c(=O)n1-c1ccc(OC)cc1. The molecule has 1 atom stereocenters. The summed E-state index contributed by atoms with van der Waals surface area (Å²) >= 11 is 0. The Hall–Kier alpha value is -4.65. The Kier molecular flexibility index (Phi) is 7.59. The van der Waals surface area contributed by atoms with E-state index < -0.39 is 6.04 Å². The summed E-state index contributed by atoms with van der Waals surface area (Å²) in [5, 5.41) is 5.68. The lowest BCUT2D eigenvalue weighted by Crippen LogP contribution is -2.41. The monoisotopic (exact) mass is 520 g/mol. The Labute approximate surface area is 227 Å². The van der Waals surface area contributed by atoms with Crippen LogP contribution in [-0.2, 0) is 0 Å². The maximum atomic E-state index is 13.9. The van der Waals surface area contributed by atoms with E-state index in [2.05, 4.69) is 5.32 Å². The largest absolute Gasteiger partial charge is 0.497 e. The van der Waals surface area contributed by atoms with Crippen LogP contribution in [0.3, 0.4) is 0 Å². The van der Waals surface area contributed by atoms with Gasteiger partial charge in [0.25, 0.3) is 5.56 Å². The average molecular weight is 521 g/mol. The second-order valence-electron chi connectivity index (χ2n) is 9.40. The van der Waals surface area contributed by atoms with Gasteiger partial charge >= 0.3 is 6.03 Å². The maximum Gasteiger partial charge on any atom is 0.322 e. The van der Waals surface area contributed by atoms with Crippen molar-refractivity contribution in [2.75, 3.05) is 19.0 Å². The molecule has 0 aliphatic heterocycles. The number of methoxy groups -OCH3 is 1. The van der Waals surface area contributed by atoms with Crippen LogP contribution in [0.2, 0.25) is 0 Å². The number of aromatic nitrogens is 2. The molecule has 1 N–H and O–H groups in total. The number of rotatable bonds is 8. The number of urea groups is 1. The summed E-state index contributed by atoms with van der Waals surface area (Å²) in [7, 11) is 1.61. The van der Waals surface area contributed by atoms with Crippen LogP contribution in [0.25, 0.3) is 27.4 Å². The number of fused-ring (bicyclic) bond motifs is 2. The second-order valence-corrected chi connectivity index (χ2v) is 9.40. The number of hydrogen-bond acceptors (Lipinski definition) is 4. The first-order valence-electron chi connectivity index (χ1n) is 13.3. The minimum absolute atomic E-state index is 0.176. The zero-order valence-electron chi connectivity index (χ0n) is 22.4. The molecule has 39 heavy (non-hydrogen) atoms. The Balaban J connectivity index is 1.63. The van der Waals surface area contributed by atoms with Crippen molar-refractivity contribution >= 4 is 33.4 Å². The Bertz CT molecular complexity index is 1670. The first-order chi connectivity index (χ1) is 19.0. The summed E-state index contributed by atoms with van der Waals surface area (Å²) < 4.78 is 6.96. The topological polar surface area (TPSA) is 76.5 Å². The summed E-state index contributed by atoms with van der Waals surface area (Å²) in [6.07, 6.45) is 1.32. The molecule has 1 aromatic heterocycles. The first-order valence-corrected chi connectivity index (χ1v) is 13.3. The van der Waals surface area contributed by atoms with Gasteiger partial charge in [0.05, 0.1) is 35.4 Å². The Morgan fingerprint density at radius 2 is 1.62 bits per heavy atom. The van der Waals surface area contributed by atoms with Crippen LogP contribution in [0.1, 0.15) is 38.6 Å². The van der Waals surface area contributed by atoms with E-state index in [0.717, 1.165) is 22.9 Å². The van der Waals surface area contributed by atoms with Crippen LogP contribution < -0.4 is 15.6 Å². The first kappa shape index (κ1) is 26.0. The van der Waals surface area contributed by atoms with Gasteiger partial charge in [0.1, 0.15) is 11.6 Å². The molecule has 0 fully saturated rings. The normalized spacial score (nSPS) is 11.9. The van der Waals surface area contributed by atoms with Crippen molar-refractivity contribution in [3.05, 3.63) is 107 Å². The molecule has 1 unspecified atom stereocenters. The molecule has 0 saturated carbocycles. The predicted molar refractivity (Wildman–Crippen MR) is 157 cm³/mol. The molecule has 7 heteroatoms. The highest BCUT2D eigenvalue weighted by molar-refractivity contribution is 6.01. The number of amides is 2. The molecule has 0 bridgehead atoms. The van der Waals surface area contributed by atoms with Gasteiger partial charge in [-0.25, -0.2) is 9.78 Å². The zero-order valence-corrected chi connectivity index (χ0v) is 22.4. The van der Waals surface area contributed by atoms with Gasteiger partial charge in [-0.15, -0.1) is 0 Å². The lowest BCUT2D eigenvalue weighted by Gasteiger charge is -2.32. The molecule has 0 saturated heterocycles. The van der Waals surface area contributed by atoms with Gasteiger partial charge < -0.3 is 15.0 Å². The van der Waals surface area contributed by atoms with Crippen molar-refractivity contribution in [2.45, 2.75) is 32.7 Å². The lowest BCUT2D eigenvalue weighted by molar-refractivity contribution is 0.181. The van der Waals surface area contributed by atoms with Crippen molar-refractivity contribution in [3.63, 3.8) is 0 Å². The van der Waals surface area contributed by atoms with Gasteiger partial charge in [0.15, 0.2) is 0 Å². The van der Waals surface area contributed by atoms with Crippen molar-refractivity contribution in [1.82, 2.24) is 14.5 Å². The molecular formula is C32H32N4O3. The summed E-state index contributed by atoms with van der Waals surface area (Å²) in [5.41, 5.74) is 1.84. The minimum atomic E-state index is -0.445. The summed E-state index contributed by atoms with van der Waals surface area (Å²) in [6.45, 7) is 4.55. The highest BCUT2D eigenvalue weighted by Crippen LogP contribution is 2.29. The fourth-order valence-electron chi connectivity index (χ4n) is 5.06. The van der Waals surface area contributed by atoms with E-state index in [9.17, 15) is 9.59 Å². The van der Waals surface area contributed by atoms with Gasteiger partial charge in [-0.3, -0.25) is 9.36 Å². The van der Waals surface area contributed by atoms with Crippen molar-refractivity contribution in [1.29, 1.82) is 0 Å². The third kappa shape index (κ3) is 5.08. The van der Waals surface area contributed by atoms with E-state index in [1.807, 2.05) is 98.8 Å². The minimum Gasteiger partial charge on any atom is -0.497 e. The number of hydrogen-bond donors (Lipinski definition) is 1. The summed E-state index contributed by atoms with van der Waals surface area (Å²) in [6, 6.07) is 27.8. The van der Waals surface area contributed by atoms with E-state index in [4.69, 9.17) is 9.72 Å². The van der Waals surface area contributed by atoms with E-state index >= 15 is 0 Å². The van der Waals surface area contributed by atoms with E-state index in [1.165, 1.54) is 0 Å². The standard InChI is InChI=1S/C32H32N4O3/c1-4-21-35(32(38)34-27-16-10-12-22-11-6-7-13-25(22)27)29(5-2)30-33-28-15-9-8-14-26(28)31(37)36(30)23-17-19-24(39-3)20-18-23/h6-20,29H,4-5,21H2,1-3H3,(H,34,38). The van der Waals surface area contributed by atoms with Gasteiger partial charge in [-0.1, -0.05) is 62.4 Å². The van der Waals surface area contributed by atoms with E-state index in [1.54, 1.807) is 22.6 Å². The molecule has 0 radical (unpaired) electrons. The molecule has 198 valence electrons. The smallest absolute Gasteiger partial charge is 0.322 e. The van der Waals surface area contributed by atoms with Gasteiger partial charge in [-0.2, -0.15) is 0 Å². The number of ether oxygens (including phenoxy) is 1. The molecule has 4 aromatic carbocycles. The molecule has 5 rings (SSSR count). The van der Waals surface area contributed by atoms with Gasteiger partial charge in [0, 0.05) is 11.9 Å². The Morgan fingerprint density at radius 3 is 2.33 bits per heavy atom. The molecular weight excluding hydrogens is 488 g/mol. The fraction of sp³-hybridized carbons (Fsp3) is 0.219. The predicted octanol–water partition coefficient (Wildman–Crippen LogP) is 6.94. The van der Waals surface area contributed by atoms with Crippen molar-refractivity contribution in [2.24, 2.45) is 0 Å². The number of nitrogens with one attached hydrogen (secondary N) is 1. The molecule has 0 spiro atoms. The second kappa shape index (κ2) is 11.4. The average Bonchev–Trinajstić information content (AvgIpc) is 2.97. The quantitative estimate of drug-likeness (QED) is 0.240. The highest BCUT2D eigenvalue weighted by Gasteiger charge is 2.29. The number of carbonyl (C=O) groups excluding carboxylic acids is 1. The molecule has 1 heterocycles. The third-order valence-corrected chi connectivity index (χ3v) is 6.95. The lowest BCUT2D eigenvalue weighted by atomic mass is 10.1. The fourth-order valence-corrected chi connectivity index (χ4v) is 5.06. The van der Waals surface area contributed by atoms with Crippen LogP contribution in [0.5, 0.6) is 5.75 Å². The van der Waals surface area contributed by atoms with Crippen LogP contribution >= 0.6 is 0 Å². The van der Waals surface area contributed by atoms with Crippen molar-refractivity contribution in [3.8, 4) is 11.4 Å². The molecule has 0 aliphatic rings. The van der Waals surface area contributed by atoms with Gasteiger partial charge in [-0.05, 0) is 60.7 Å². The molecule has 7 nitrogen and oxygen atoms in total. The number of anilines is 1. The Morgan fingerprint density at radius 1 is 0.923 bits per heavy atom. The number of carbonyl (C=O) groups is 1. The number of para-hydroxylation sites is 1. The summed E-state index contributed by atoms with van der Waals surface area (Å²) in [4.78, 5) is 34.5. The van der Waals surface area contributed by atoms with Crippen LogP contribution in [0.15, 0.2) is 95.8 Å². The third-order valence-electron chi connectivity index (χ3n) is 6.95. The maximum absolute atomic E-state index is 13.9. The zero-order chi connectivity index (χ0) is 27.4. The summed E-state index contributed by atoms with van der Waals surface area (Å²) in [5.74, 6) is 1.21. The molecule has 2 amide bonds. The van der Waals surface area contributed by atoms with Crippen LogP contribution in [-0.4, -0.2) is 34.1 Å². The molecule has 0 aliphatic carbocycles. The van der Waals surface area contributed by atoms with E-state index in [0.29, 0.717) is 41.1 Å². The number of benzene rings is 4. The van der Waals surface area contributed by atoms with Crippen LogP contribution in [0.4, 0.5) is 10.5 Å². The van der Waals surface area contributed by atoms with E-state index in [-0.39, 0.29) is 11.6 Å².